The van der Waals surface area contributed by atoms with E-state index in [0.29, 0.717) is 38.4 Å². The van der Waals surface area contributed by atoms with Crippen LogP contribution in [0.1, 0.15) is 11.3 Å². The number of carbonyl (C=O) groups is 1. The van der Waals surface area contributed by atoms with E-state index < -0.39 is 0 Å². The molecule has 0 unspecified atom stereocenters. The molecule has 0 bridgehead atoms. The fraction of sp³-hybridized carbons (Fsp3) is 0.316. The highest BCUT2D eigenvalue weighted by Gasteiger charge is 2.22. The highest BCUT2D eigenvalue weighted by atomic mass is 16.5. The molecule has 1 aliphatic rings. The van der Waals surface area contributed by atoms with E-state index in [1.807, 2.05) is 36.4 Å². The van der Waals surface area contributed by atoms with Gasteiger partial charge in [0.2, 0.25) is 5.91 Å². The van der Waals surface area contributed by atoms with E-state index in [-0.39, 0.29) is 17.4 Å². The van der Waals surface area contributed by atoms with E-state index in [2.05, 4.69) is 9.97 Å². The number of amides is 1. The van der Waals surface area contributed by atoms with Crippen LogP contribution in [0, 0.1) is 5.92 Å². The molecule has 0 aliphatic carbocycles. The Morgan fingerprint density at radius 2 is 2.20 bits per heavy atom. The van der Waals surface area contributed by atoms with Crippen LogP contribution in [0.25, 0.3) is 6.08 Å². The zero-order chi connectivity index (χ0) is 17.5. The summed E-state index contributed by atoms with van der Waals surface area (Å²) in [6.45, 7) is 2.23. The Morgan fingerprint density at radius 1 is 1.36 bits per heavy atom. The molecule has 0 spiro atoms. The fourth-order valence-corrected chi connectivity index (χ4v) is 2.86. The number of hydrogen-bond acceptors (Lipinski definition) is 4. The Bertz CT molecular complexity index is 786. The van der Waals surface area contributed by atoms with Gasteiger partial charge in [-0.15, -0.1) is 0 Å². The Kier molecular flexibility index (Phi) is 5.74. The third kappa shape index (κ3) is 5.12. The number of hydrogen-bond donors (Lipinski definition) is 1. The molecule has 1 aromatic carbocycles. The van der Waals surface area contributed by atoms with Gasteiger partial charge in [-0.25, -0.2) is 4.98 Å². The first-order valence-corrected chi connectivity index (χ1v) is 8.34. The lowest BCUT2D eigenvalue weighted by Gasteiger charge is -2.22. The third-order valence-corrected chi connectivity index (χ3v) is 4.10. The molecular formula is C19H21N3O3. The van der Waals surface area contributed by atoms with Gasteiger partial charge in [-0.1, -0.05) is 30.3 Å². The molecule has 3 rings (SSSR count). The van der Waals surface area contributed by atoms with Crippen molar-refractivity contribution < 1.29 is 9.53 Å². The number of rotatable bonds is 4. The second kappa shape index (κ2) is 8.39. The SMILES string of the molecule is O=C(/C=C/c1ccccc1)N1CCOC[C@H](Cc2cc(=O)[nH]cn2)C1. The molecule has 0 radical (unpaired) electrons. The molecule has 1 saturated heterocycles. The number of H-pyrrole nitrogens is 1. The van der Waals surface area contributed by atoms with E-state index in [1.165, 1.54) is 12.4 Å². The van der Waals surface area contributed by atoms with E-state index >= 15 is 0 Å². The fourth-order valence-electron chi connectivity index (χ4n) is 2.86. The van der Waals surface area contributed by atoms with Gasteiger partial charge >= 0.3 is 0 Å². The van der Waals surface area contributed by atoms with Crippen molar-refractivity contribution in [3.05, 3.63) is 70.4 Å². The van der Waals surface area contributed by atoms with Gasteiger partial charge in [-0.3, -0.25) is 9.59 Å². The maximum absolute atomic E-state index is 12.5. The zero-order valence-corrected chi connectivity index (χ0v) is 13.9. The van der Waals surface area contributed by atoms with Crippen molar-refractivity contribution in [2.75, 3.05) is 26.3 Å². The van der Waals surface area contributed by atoms with Crippen LogP contribution in [-0.4, -0.2) is 47.1 Å². The Morgan fingerprint density at radius 3 is 3.00 bits per heavy atom. The van der Waals surface area contributed by atoms with Gasteiger partial charge in [0.1, 0.15) is 0 Å². The molecule has 6 heteroatoms. The topological polar surface area (TPSA) is 75.3 Å². The number of benzene rings is 1. The number of aromatic nitrogens is 2. The van der Waals surface area contributed by atoms with Crippen LogP contribution in [-0.2, 0) is 16.0 Å². The number of nitrogens with zero attached hydrogens (tertiary/aromatic N) is 2. The molecule has 1 fully saturated rings. The second-order valence-corrected chi connectivity index (χ2v) is 6.08. The highest BCUT2D eigenvalue weighted by molar-refractivity contribution is 5.91. The number of carbonyl (C=O) groups excluding carboxylic acids is 1. The van der Waals surface area contributed by atoms with Crippen molar-refractivity contribution in [2.24, 2.45) is 5.92 Å². The second-order valence-electron chi connectivity index (χ2n) is 6.08. The van der Waals surface area contributed by atoms with Gasteiger partial charge in [-0.2, -0.15) is 0 Å². The van der Waals surface area contributed by atoms with Crippen LogP contribution >= 0.6 is 0 Å². The molecule has 6 nitrogen and oxygen atoms in total. The first-order valence-electron chi connectivity index (χ1n) is 8.34. The minimum absolute atomic E-state index is 0.0294. The van der Waals surface area contributed by atoms with E-state index in [4.69, 9.17) is 4.74 Å². The average molecular weight is 339 g/mol. The van der Waals surface area contributed by atoms with Gasteiger partial charge in [-0.05, 0) is 18.1 Å². The molecule has 1 amide bonds. The Hall–Kier alpha value is -2.73. The monoisotopic (exact) mass is 339 g/mol. The number of nitrogens with one attached hydrogen (secondary N) is 1. The minimum Gasteiger partial charge on any atom is -0.379 e. The van der Waals surface area contributed by atoms with E-state index in [1.54, 1.807) is 11.0 Å². The zero-order valence-electron chi connectivity index (χ0n) is 13.9. The van der Waals surface area contributed by atoms with E-state index in [0.717, 1.165) is 5.56 Å². The summed E-state index contributed by atoms with van der Waals surface area (Å²) in [6.07, 6.45) is 5.43. The van der Waals surface area contributed by atoms with Crippen molar-refractivity contribution in [3.63, 3.8) is 0 Å². The summed E-state index contributed by atoms with van der Waals surface area (Å²) in [5.41, 5.74) is 1.54. The molecular weight excluding hydrogens is 318 g/mol. The van der Waals surface area contributed by atoms with E-state index in [9.17, 15) is 9.59 Å². The summed E-state index contributed by atoms with van der Waals surface area (Å²) < 4.78 is 5.62. The lowest BCUT2D eigenvalue weighted by atomic mass is 10.0. The molecule has 1 aromatic heterocycles. The van der Waals surface area contributed by atoms with Crippen molar-refractivity contribution in [1.29, 1.82) is 0 Å². The summed E-state index contributed by atoms with van der Waals surface area (Å²) in [5.74, 6) is 0.0871. The molecule has 25 heavy (non-hydrogen) atoms. The van der Waals surface area contributed by atoms with Crippen LogP contribution in [0.5, 0.6) is 0 Å². The number of ether oxygens (including phenoxy) is 1. The van der Waals surface area contributed by atoms with Gasteiger partial charge in [0.15, 0.2) is 0 Å². The van der Waals surface area contributed by atoms with Crippen LogP contribution < -0.4 is 5.56 Å². The molecule has 1 aliphatic heterocycles. The first kappa shape index (κ1) is 17.1. The Balaban J connectivity index is 1.64. The van der Waals surface area contributed by atoms with Crippen LogP contribution in [0.2, 0.25) is 0 Å². The summed E-state index contributed by atoms with van der Waals surface area (Å²) in [5, 5.41) is 0. The van der Waals surface area contributed by atoms with Gasteiger partial charge < -0.3 is 14.6 Å². The van der Waals surface area contributed by atoms with Crippen molar-refractivity contribution in [1.82, 2.24) is 14.9 Å². The summed E-state index contributed by atoms with van der Waals surface area (Å²) in [6, 6.07) is 11.2. The molecule has 1 N–H and O–H groups in total. The van der Waals surface area contributed by atoms with Crippen molar-refractivity contribution in [3.8, 4) is 0 Å². The molecule has 0 saturated carbocycles. The van der Waals surface area contributed by atoms with Crippen molar-refractivity contribution >= 4 is 12.0 Å². The van der Waals surface area contributed by atoms with Gasteiger partial charge in [0.05, 0.1) is 19.5 Å². The smallest absolute Gasteiger partial charge is 0.250 e. The quantitative estimate of drug-likeness (QED) is 0.857. The molecule has 130 valence electrons. The maximum atomic E-state index is 12.5. The molecule has 2 heterocycles. The third-order valence-electron chi connectivity index (χ3n) is 4.10. The summed E-state index contributed by atoms with van der Waals surface area (Å²) in [4.78, 5) is 32.4. The predicted octanol–water partition coefficient (Wildman–Crippen LogP) is 1.50. The molecule has 1 atom stereocenters. The van der Waals surface area contributed by atoms with Crippen LogP contribution in [0.15, 0.2) is 53.6 Å². The van der Waals surface area contributed by atoms with Gasteiger partial charge in [0.25, 0.3) is 5.56 Å². The Labute approximate surface area is 146 Å². The largest absolute Gasteiger partial charge is 0.379 e. The lowest BCUT2D eigenvalue weighted by Crippen LogP contribution is -2.35. The minimum atomic E-state index is -0.168. The van der Waals surface area contributed by atoms with Crippen LogP contribution in [0.4, 0.5) is 0 Å². The molecule has 2 aromatic rings. The predicted molar refractivity (Wildman–Crippen MR) is 94.9 cm³/mol. The maximum Gasteiger partial charge on any atom is 0.250 e. The lowest BCUT2D eigenvalue weighted by molar-refractivity contribution is -0.126. The van der Waals surface area contributed by atoms with Crippen molar-refractivity contribution in [2.45, 2.75) is 6.42 Å². The van der Waals surface area contributed by atoms with Gasteiger partial charge in [0, 0.05) is 36.8 Å². The first-order chi connectivity index (χ1) is 12.2. The van der Waals surface area contributed by atoms with Crippen LogP contribution in [0.3, 0.4) is 0 Å². The standard InChI is InChI=1S/C19H21N3O3/c23-18-11-17(20-14-21-18)10-16-12-22(8-9-25-13-16)19(24)7-6-15-4-2-1-3-5-15/h1-7,11,14,16H,8-10,12-13H2,(H,20,21,23)/b7-6+/t16-/m1/s1. The highest BCUT2D eigenvalue weighted by Crippen LogP contribution is 2.13. The summed E-state index contributed by atoms with van der Waals surface area (Å²) >= 11 is 0. The number of aromatic amines is 1. The summed E-state index contributed by atoms with van der Waals surface area (Å²) in [7, 11) is 0. The normalized spacial score (nSPS) is 18.2. The average Bonchev–Trinajstić information content (AvgIpc) is 2.86.